The maximum Gasteiger partial charge on any atom is 0.243 e. The molecule has 1 saturated heterocycles. The quantitative estimate of drug-likeness (QED) is 0.505. The average molecular weight is 483 g/mol. The fraction of sp³-hybridized carbons (Fsp3) is 0.346. The topological polar surface area (TPSA) is 88.9 Å². The van der Waals surface area contributed by atoms with E-state index in [1.165, 1.54) is 4.31 Å². The Hall–Kier alpha value is -2.94. The van der Waals surface area contributed by atoms with Crippen LogP contribution >= 0.6 is 0 Å². The monoisotopic (exact) mass is 482 g/mol. The van der Waals surface area contributed by atoms with Crippen molar-refractivity contribution in [1.29, 1.82) is 0 Å². The number of hydrogen-bond acceptors (Lipinski definition) is 5. The Balaban J connectivity index is 1.30. The van der Waals surface area contributed by atoms with Crippen molar-refractivity contribution >= 4 is 21.6 Å². The average Bonchev–Trinajstić information content (AvgIpc) is 3.35. The highest BCUT2D eigenvalue weighted by atomic mass is 32.2. The fourth-order valence-corrected chi connectivity index (χ4v) is 5.58. The van der Waals surface area contributed by atoms with Gasteiger partial charge in [-0.1, -0.05) is 18.2 Å². The van der Waals surface area contributed by atoms with Crippen LogP contribution in [0, 0.1) is 19.8 Å². The van der Waals surface area contributed by atoms with Crippen LogP contribution in [0.2, 0.25) is 0 Å². The standard InChI is InChI=1S/C26H30N2O5S/c1-19-8-9-25(15-20(19)2)34(30,31)28-12-10-22(11-13-28)26(29)27-23-6-3-5-21(16-23)17-32-18-24-7-4-14-33-24/h3-9,14-16,22H,10-13,17-18H2,1-2H3,(H,27,29). The van der Waals surface area contributed by atoms with Gasteiger partial charge in [-0.15, -0.1) is 0 Å². The summed E-state index contributed by atoms with van der Waals surface area (Å²) in [5.74, 6) is 0.442. The van der Waals surface area contributed by atoms with Gasteiger partial charge in [0.15, 0.2) is 0 Å². The second-order valence-electron chi connectivity index (χ2n) is 8.69. The summed E-state index contributed by atoms with van der Waals surface area (Å²) in [5, 5.41) is 2.97. The van der Waals surface area contributed by atoms with Crippen LogP contribution < -0.4 is 5.32 Å². The molecule has 0 atom stereocenters. The summed E-state index contributed by atoms with van der Waals surface area (Å²) in [6.45, 7) is 5.30. The highest BCUT2D eigenvalue weighted by molar-refractivity contribution is 7.89. The van der Waals surface area contributed by atoms with Crippen LogP contribution in [-0.4, -0.2) is 31.7 Å². The van der Waals surface area contributed by atoms with Crippen molar-refractivity contribution in [2.45, 2.75) is 44.8 Å². The summed E-state index contributed by atoms with van der Waals surface area (Å²) in [5.41, 5.74) is 3.65. The number of carbonyl (C=O) groups excluding carboxylic acids is 1. The molecule has 3 aromatic rings. The molecule has 0 bridgehead atoms. The molecule has 8 heteroatoms. The molecular formula is C26H30N2O5S. The number of nitrogens with one attached hydrogen (secondary N) is 1. The van der Waals surface area contributed by atoms with Gasteiger partial charge in [0.25, 0.3) is 0 Å². The van der Waals surface area contributed by atoms with Crippen LogP contribution in [0.3, 0.4) is 0 Å². The van der Waals surface area contributed by atoms with Gasteiger partial charge in [-0.05, 0) is 79.8 Å². The zero-order valence-corrected chi connectivity index (χ0v) is 20.3. The molecule has 1 fully saturated rings. The van der Waals surface area contributed by atoms with Crippen molar-refractivity contribution in [1.82, 2.24) is 4.31 Å². The number of anilines is 1. The Labute approximate surface area is 200 Å². The molecule has 0 unspecified atom stereocenters. The Morgan fingerprint density at radius 3 is 2.53 bits per heavy atom. The van der Waals surface area contributed by atoms with Gasteiger partial charge >= 0.3 is 0 Å². The number of rotatable bonds is 8. The molecule has 0 aliphatic carbocycles. The first-order valence-electron chi connectivity index (χ1n) is 11.4. The first-order chi connectivity index (χ1) is 16.3. The van der Waals surface area contributed by atoms with E-state index in [0.29, 0.717) is 49.7 Å². The molecule has 1 aliphatic rings. The zero-order chi connectivity index (χ0) is 24.1. The number of nitrogens with zero attached hydrogens (tertiary/aromatic N) is 1. The number of hydrogen-bond donors (Lipinski definition) is 1. The van der Waals surface area contributed by atoms with Crippen LogP contribution in [0.1, 0.15) is 35.3 Å². The summed E-state index contributed by atoms with van der Waals surface area (Å²) in [6.07, 6.45) is 2.59. The minimum atomic E-state index is -3.56. The van der Waals surface area contributed by atoms with Crippen LogP contribution in [0.25, 0.3) is 0 Å². The first-order valence-corrected chi connectivity index (χ1v) is 12.8. The lowest BCUT2D eigenvalue weighted by Gasteiger charge is -2.30. The third-order valence-corrected chi connectivity index (χ3v) is 8.12. The van der Waals surface area contributed by atoms with E-state index < -0.39 is 10.0 Å². The van der Waals surface area contributed by atoms with Gasteiger partial charge in [0.05, 0.1) is 17.8 Å². The van der Waals surface area contributed by atoms with Gasteiger partial charge in [-0.25, -0.2) is 8.42 Å². The number of ether oxygens (including phenoxy) is 1. The second kappa shape index (κ2) is 10.5. The van der Waals surface area contributed by atoms with E-state index in [4.69, 9.17) is 9.15 Å². The lowest BCUT2D eigenvalue weighted by Crippen LogP contribution is -2.41. The SMILES string of the molecule is Cc1ccc(S(=O)(=O)N2CCC(C(=O)Nc3cccc(COCc4ccco4)c3)CC2)cc1C. The Morgan fingerprint density at radius 2 is 1.82 bits per heavy atom. The minimum absolute atomic E-state index is 0.0862. The normalized spacial score (nSPS) is 15.4. The van der Waals surface area contributed by atoms with Crippen LogP contribution in [0.15, 0.2) is 70.2 Å². The fourth-order valence-electron chi connectivity index (χ4n) is 4.03. The third-order valence-electron chi connectivity index (χ3n) is 6.23. The maximum absolute atomic E-state index is 13.0. The minimum Gasteiger partial charge on any atom is -0.467 e. The predicted octanol–water partition coefficient (Wildman–Crippen LogP) is 4.65. The molecule has 1 amide bonds. The summed E-state index contributed by atoms with van der Waals surface area (Å²) in [7, 11) is -3.56. The number of piperidine rings is 1. The molecule has 1 aliphatic heterocycles. The first kappa shape index (κ1) is 24.2. The Bertz CT molecular complexity index is 1230. The van der Waals surface area contributed by atoms with Gasteiger partial charge in [0, 0.05) is 24.7 Å². The number of aryl methyl sites for hydroxylation is 2. The molecule has 0 spiro atoms. The van der Waals surface area contributed by atoms with Gasteiger partial charge in [0.1, 0.15) is 12.4 Å². The summed E-state index contributed by atoms with van der Waals surface area (Å²) >= 11 is 0. The molecule has 1 N–H and O–H groups in total. The van der Waals surface area contributed by atoms with E-state index >= 15 is 0 Å². The lowest BCUT2D eigenvalue weighted by molar-refractivity contribution is -0.120. The number of sulfonamides is 1. The van der Waals surface area contributed by atoms with Gasteiger partial charge in [0.2, 0.25) is 15.9 Å². The molecule has 4 rings (SSSR count). The van der Waals surface area contributed by atoms with Crippen molar-refractivity contribution in [2.24, 2.45) is 5.92 Å². The molecule has 7 nitrogen and oxygen atoms in total. The maximum atomic E-state index is 13.0. The Morgan fingerprint density at radius 1 is 1.03 bits per heavy atom. The highest BCUT2D eigenvalue weighted by Gasteiger charge is 2.32. The van der Waals surface area contributed by atoms with Crippen LogP contribution in [-0.2, 0) is 32.8 Å². The van der Waals surface area contributed by atoms with E-state index in [9.17, 15) is 13.2 Å². The highest BCUT2D eigenvalue weighted by Crippen LogP contribution is 2.26. The molecule has 0 radical (unpaired) electrons. The van der Waals surface area contributed by atoms with E-state index in [0.717, 1.165) is 22.5 Å². The molecule has 180 valence electrons. The molecule has 2 heterocycles. The largest absolute Gasteiger partial charge is 0.467 e. The predicted molar refractivity (Wildman–Crippen MR) is 130 cm³/mol. The molecule has 2 aromatic carbocycles. The third kappa shape index (κ3) is 5.75. The number of carbonyl (C=O) groups is 1. The van der Waals surface area contributed by atoms with Crippen molar-refractivity contribution < 1.29 is 22.4 Å². The molecule has 0 saturated carbocycles. The van der Waals surface area contributed by atoms with Gasteiger partial charge in [-0.3, -0.25) is 4.79 Å². The van der Waals surface area contributed by atoms with Gasteiger partial charge in [-0.2, -0.15) is 4.31 Å². The zero-order valence-electron chi connectivity index (χ0n) is 19.5. The van der Waals surface area contributed by atoms with Crippen molar-refractivity contribution in [3.05, 3.63) is 83.3 Å². The Kier molecular flexibility index (Phi) is 7.50. The molecule has 1 aromatic heterocycles. The summed E-state index contributed by atoms with van der Waals surface area (Å²) in [4.78, 5) is 13.1. The van der Waals surface area contributed by atoms with Crippen molar-refractivity contribution in [3.63, 3.8) is 0 Å². The van der Waals surface area contributed by atoms with Gasteiger partial charge < -0.3 is 14.5 Å². The van der Waals surface area contributed by atoms with Crippen LogP contribution in [0.5, 0.6) is 0 Å². The van der Waals surface area contributed by atoms with Crippen LogP contribution in [0.4, 0.5) is 5.69 Å². The molecular weight excluding hydrogens is 452 g/mol. The number of benzene rings is 2. The summed E-state index contributed by atoms with van der Waals surface area (Å²) in [6, 6.07) is 16.4. The number of furan rings is 1. The van der Waals surface area contributed by atoms with Crippen molar-refractivity contribution in [2.75, 3.05) is 18.4 Å². The second-order valence-corrected chi connectivity index (χ2v) is 10.6. The van der Waals surface area contributed by atoms with E-state index in [1.807, 2.05) is 56.3 Å². The van der Waals surface area contributed by atoms with E-state index in [-0.39, 0.29) is 11.8 Å². The lowest BCUT2D eigenvalue weighted by atomic mass is 9.97. The number of amides is 1. The van der Waals surface area contributed by atoms with E-state index in [1.54, 1.807) is 18.4 Å². The molecule has 34 heavy (non-hydrogen) atoms. The van der Waals surface area contributed by atoms with E-state index in [2.05, 4.69) is 5.32 Å². The smallest absolute Gasteiger partial charge is 0.243 e. The summed E-state index contributed by atoms with van der Waals surface area (Å²) < 4.78 is 38.5. The van der Waals surface area contributed by atoms with Crippen molar-refractivity contribution in [3.8, 4) is 0 Å².